The first kappa shape index (κ1) is 18.0. The number of pyridine rings is 1. The molecule has 0 bridgehead atoms. The first-order valence-electron chi connectivity index (χ1n) is 7.48. The molecule has 128 valence electrons. The smallest absolute Gasteiger partial charge is 0.351 e. The van der Waals surface area contributed by atoms with Crippen molar-refractivity contribution in [2.75, 3.05) is 6.54 Å². The van der Waals surface area contributed by atoms with E-state index in [1.807, 2.05) is 6.92 Å². The van der Waals surface area contributed by atoms with Gasteiger partial charge in [0, 0.05) is 23.9 Å². The minimum atomic E-state index is -4.39. The van der Waals surface area contributed by atoms with Gasteiger partial charge in [-0.05, 0) is 30.7 Å². The van der Waals surface area contributed by atoms with Crippen molar-refractivity contribution in [3.05, 3.63) is 65.0 Å². The van der Waals surface area contributed by atoms with E-state index in [0.717, 1.165) is 17.8 Å². The molecule has 1 aromatic heterocycles. The summed E-state index contributed by atoms with van der Waals surface area (Å²) in [6, 6.07) is 8.57. The molecule has 24 heavy (non-hydrogen) atoms. The van der Waals surface area contributed by atoms with Gasteiger partial charge >= 0.3 is 6.18 Å². The predicted octanol–water partition coefficient (Wildman–Crippen LogP) is 4.12. The highest BCUT2D eigenvalue weighted by Gasteiger charge is 2.32. The van der Waals surface area contributed by atoms with E-state index in [4.69, 9.17) is 0 Å². The van der Waals surface area contributed by atoms with Gasteiger partial charge in [-0.15, -0.1) is 0 Å². The van der Waals surface area contributed by atoms with Gasteiger partial charge in [0.2, 0.25) is 0 Å². The van der Waals surface area contributed by atoms with E-state index in [9.17, 15) is 18.0 Å². The summed E-state index contributed by atoms with van der Waals surface area (Å²) in [5, 5.41) is 2.76. The molecule has 6 heteroatoms. The van der Waals surface area contributed by atoms with E-state index in [0.29, 0.717) is 11.1 Å². The standard InChI is InChI=1S/C18H19F3N2O/c1-12-7-8-13(10-22-12)16(24)23-11-17(2,3)14-5-4-6-15(9-14)18(19,20)21/h4-10H,11H2,1-3H3,(H,23,24). The van der Waals surface area contributed by atoms with Gasteiger partial charge in [0.1, 0.15) is 0 Å². The van der Waals surface area contributed by atoms with Crippen LogP contribution in [-0.4, -0.2) is 17.4 Å². The molecule has 0 radical (unpaired) electrons. The minimum absolute atomic E-state index is 0.209. The van der Waals surface area contributed by atoms with E-state index in [1.54, 1.807) is 32.0 Å². The van der Waals surface area contributed by atoms with E-state index < -0.39 is 17.2 Å². The molecule has 0 aliphatic carbocycles. The van der Waals surface area contributed by atoms with Crippen LogP contribution < -0.4 is 5.32 Å². The number of benzene rings is 1. The molecule has 0 aliphatic heterocycles. The fourth-order valence-electron chi connectivity index (χ4n) is 2.22. The Balaban J connectivity index is 2.11. The number of carbonyl (C=O) groups excluding carboxylic acids is 1. The largest absolute Gasteiger partial charge is 0.416 e. The van der Waals surface area contributed by atoms with Crippen LogP contribution in [0.2, 0.25) is 0 Å². The van der Waals surface area contributed by atoms with Crippen LogP contribution >= 0.6 is 0 Å². The molecule has 0 aliphatic rings. The molecule has 2 aromatic rings. The van der Waals surface area contributed by atoms with Gasteiger partial charge in [-0.3, -0.25) is 9.78 Å². The fraction of sp³-hybridized carbons (Fsp3) is 0.333. The SMILES string of the molecule is Cc1ccc(C(=O)NCC(C)(C)c2cccc(C(F)(F)F)c2)cn1. The second-order valence-electron chi connectivity index (χ2n) is 6.33. The lowest BCUT2D eigenvalue weighted by Crippen LogP contribution is -2.36. The molecule has 0 fully saturated rings. The van der Waals surface area contributed by atoms with Crippen molar-refractivity contribution >= 4 is 5.91 Å². The van der Waals surface area contributed by atoms with Gasteiger partial charge < -0.3 is 5.32 Å². The zero-order valence-corrected chi connectivity index (χ0v) is 13.7. The maximum atomic E-state index is 12.8. The fourth-order valence-corrected chi connectivity index (χ4v) is 2.22. The second-order valence-corrected chi connectivity index (χ2v) is 6.33. The lowest BCUT2D eigenvalue weighted by Gasteiger charge is -2.26. The highest BCUT2D eigenvalue weighted by molar-refractivity contribution is 5.93. The van der Waals surface area contributed by atoms with E-state index in [2.05, 4.69) is 10.3 Å². The Kier molecular flexibility index (Phi) is 4.96. The Morgan fingerprint density at radius 2 is 1.79 bits per heavy atom. The van der Waals surface area contributed by atoms with Crippen LogP contribution in [0.1, 0.15) is 41.0 Å². The molecule has 0 saturated heterocycles. The molecular weight excluding hydrogens is 317 g/mol. The van der Waals surface area contributed by atoms with E-state index >= 15 is 0 Å². The molecule has 0 unspecified atom stereocenters. The number of amides is 1. The summed E-state index contributed by atoms with van der Waals surface area (Å²) in [6.07, 6.45) is -2.91. The Hall–Kier alpha value is -2.37. The van der Waals surface area contributed by atoms with Crippen molar-refractivity contribution in [1.82, 2.24) is 10.3 Å². The third kappa shape index (κ3) is 4.34. The summed E-state index contributed by atoms with van der Waals surface area (Å²) in [5.41, 5.74) is 0.396. The highest BCUT2D eigenvalue weighted by atomic mass is 19.4. The highest BCUT2D eigenvalue weighted by Crippen LogP contribution is 2.32. The number of nitrogens with one attached hydrogen (secondary N) is 1. The summed E-state index contributed by atoms with van der Waals surface area (Å²) < 4.78 is 38.5. The van der Waals surface area contributed by atoms with E-state index in [-0.39, 0.29) is 12.5 Å². The Morgan fingerprint density at radius 3 is 2.38 bits per heavy atom. The molecule has 0 saturated carbocycles. The van der Waals surface area contributed by atoms with Gasteiger partial charge in [-0.25, -0.2) is 0 Å². The normalized spacial score (nSPS) is 12.1. The lowest BCUT2D eigenvalue weighted by atomic mass is 9.83. The van der Waals surface area contributed by atoms with Gasteiger partial charge in [0.05, 0.1) is 11.1 Å². The molecule has 1 N–H and O–H groups in total. The predicted molar refractivity (Wildman–Crippen MR) is 85.8 cm³/mol. The van der Waals surface area contributed by atoms with Crippen molar-refractivity contribution in [2.45, 2.75) is 32.4 Å². The summed E-state index contributed by atoms with van der Waals surface area (Å²) in [6.45, 7) is 5.60. The average Bonchev–Trinajstić information content (AvgIpc) is 2.53. The quantitative estimate of drug-likeness (QED) is 0.913. The van der Waals surface area contributed by atoms with Crippen LogP contribution in [0.3, 0.4) is 0 Å². The van der Waals surface area contributed by atoms with Crippen molar-refractivity contribution in [3.8, 4) is 0 Å². The molecule has 1 aromatic carbocycles. The van der Waals surface area contributed by atoms with Gasteiger partial charge in [0.25, 0.3) is 5.91 Å². The molecule has 3 nitrogen and oxygen atoms in total. The number of alkyl halides is 3. The Morgan fingerprint density at radius 1 is 1.12 bits per heavy atom. The number of carbonyl (C=O) groups is 1. The molecular formula is C18H19F3N2O. The first-order valence-corrected chi connectivity index (χ1v) is 7.48. The molecule has 0 spiro atoms. The summed E-state index contributed by atoms with van der Waals surface area (Å²) in [7, 11) is 0. The molecule has 1 amide bonds. The third-order valence-corrected chi connectivity index (χ3v) is 3.84. The van der Waals surface area contributed by atoms with Crippen molar-refractivity contribution in [1.29, 1.82) is 0 Å². The average molecular weight is 336 g/mol. The first-order chi connectivity index (χ1) is 11.1. The lowest BCUT2D eigenvalue weighted by molar-refractivity contribution is -0.137. The topological polar surface area (TPSA) is 42.0 Å². The summed E-state index contributed by atoms with van der Waals surface area (Å²) in [5.74, 6) is -0.303. The maximum absolute atomic E-state index is 12.8. The Bertz CT molecular complexity index is 722. The third-order valence-electron chi connectivity index (χ3n) is 3.84. The number of aromatic nitrogens is 1. The van der Waals surface area contributed by atoms with Crippen LogP contribution in [-0.2, 0) is 11.6 Å². The number of hydrogen-bond donors (Lipinski definition) is 1. The van der Waals surface area contributed by atoms with Gasteiger partial charge in [0.15, 0.2) is 0 Å². The number of nitrogens with zero attached hydrogens (tertiary/aromatic N) is 1. The molecule has 0 atom stereocenters. The Labute approximate surface area is 138 Å². The van der Waals surface area contributed by atoms with Crippen LogP contribution in [0.5, 0.6) is 0 Å². The minimum Gasteiger partial charge on any atom is -0.351 e. The molecule has 1 heterocycles. The van der Waals surface area contributed by atoms with Gasteiger partial charge in [-0.1, -0.05) is 32.0 Å². The van der Waals surface area contributed by atoms with Crippen LogP contribution in [0.15, 0.2) is 42.6 Å². The van der Waals surface area contributed by atoms with Crippen LogP contribution in [0.25, 0.3) is 0 Å². The number of halogens is 3. The zero-order chi connectivity index (χ0) is 18.0. The molecule has 2 rings (SSSR count). The summed E-state index contributed by atoms with van der Waals surface area (Å²) in [4.78, 5) is 16.2. The zero-order valence-electron chi connectivity index (χ0n) is 13.7. The number of aryl methyl sites for hydroxylation is 1. The van der Waals surface area contributed by atoms with E-state index in [1.165, 1.54) is 12.3 Å². The maximum Gasteiger partial charge on any atom is 0.416 e. The van der Waals surface area contributed by atoms with Crippen molar-refractivity contribution in [3.63, 3.8) is 0 Å². The monoisotopic (exact) mass is 336 g/mol. The van der Waals surface area contributed by atoms with Gasteiger partial charge in [-0.2, -0.15) is 13.2 Å². The number of hydrogen-bond acceptors (Lipinski definition) is 2. The van der Waals surface area contributed by atoms with Crippen LogP contribution in [0.4, 0.5) is 13.2 Å². The second kappa shape index (κ2) is 6.63. The summed E-state index contributed by atoms with van der Waals surface area (Å²) >= 11 is 0. The van der Waals surface area contributed by atoms with Crippen LogP contribution in [0, 0.1) is 6.92 Å². The van der Waals surface area contributed by atoms with Crippen molar-refractivity contribution in [2.24, 2.45) is 0 Å². The van der Waals surface area contributed by atoms with Crippen molar-refractivity contribution < 1.29 is 18.0 Å². The number of rotatable bonds is 4.